The molecular formula is C12H22N4O. The number of carbonyl (C=O) groups excluding carboxylic acids is 1. The van der Waals surface area contributed by atoms with Crippen LogP contribution in [0.4, 0.5) is 5.82 Å². The molecule has 3 N–H and O–H groups in total. The predicted octanol–water partition coefficient (Wildman–Crippen LogP) is 1.60. The first-order valence-corrected chi connectivity index (χ1v) is 5.82. The van der Waals surface area contributed by atoms with Crippen LogP contribution >= 0.6 is 0 Å². The molecule has 1 amide bonds. The van der Waals surface area contributed by atoms with Crippen molar-refractivity contribution in [3.8, 4) is 0 Å². The molecule has 5 heteroatoms. The van der Waals surface area contributed by atoms with Gasteiger partial charge in [-0.25, -0.2) is 0 Å². The Balaban J connectivity index is 2.79. The molecule has 0 saturated carbocycles. The van der Waals surface area contributed by atoms with Gasteiger partial charge in [0, 0.05) is 24.3 Å². The number of nitrogens with two attached hydrogens (primary N) is 1. The molecule has 0 aliphatic heterocycles. The number of nitrogens with one attached hydrogen (secondary N) is 1. The fourth-order valence-electron chi connectivity index (χ4n) is 1.17. The van der Waals surface area contributed by atoms with Gasteiger partial charge in [-0.15, -0.1) is 0 Å². The van der Waals surface area contributed by atoms with Crippen molar-refractivity contribution in [1.29, 1.82) is 0 Å². The second-order valence-electron chi connectivity index (χ2n) is 5.36. The number of hydrogen-bond donors (Lipinski definition) is 2. The van der Waals surface area contributed by atoms with Gasteiger partial charge in [-0.05, 0) is 34.6 Å². The van der Waals surface area contributed by atoms with E-state index in [1.807, 2.05) is 40.8 Å². The molecule has 5 nitrogen and oxygen atoms in total. The Labute approximate surface area is 102 Å². The van der Waals surface area contributed by atoms with E-state index in [4.69, 9.17) is 5.73 Å². The second kappa shape index (κ2) is 4.49. The first kappa shape index (κ1) is 13.7. The summed E-state index contributed by atoms with van der Waals surface area (Å²) in [5.74, 6) is 0.445. The van der Waals surface area contributed by atoms with Crippen molar-refractivity contribution >= 4 is 11.7 Å². The summed E-state index contributed by atoms with van der Waals surface area (Å²) in [6.45, 7) is 10.1. The lowest BCUT2D eigenvalue weighted by Crippen LogP contribution is -2.53. The van der Waals surface area contributed by atoms with Crippen LogP contribution in [0.5, 0.6) is 0 Å². The zero-order valence-electron chi connectivity index (χ0n) is 11.2. The molecule has 1 aromatic rings. The minimum absolute atomic E-state index is 0.119. The molecular weight excluding hydrogens is 216 g/mol. The van der Waals surface area contributed by atoms with Crippen LogP contribution in [0.2, 0.25) is 0 Å². The Morgan fingerprint density at radius 2 is 2.06 bits per heavy atom. The standard InChI is InChI=1S/C12H22N4O/c1-6-16-8-7-9(15-16)14-10(17)11(2,3)12(4,5)13/h7-8H,6,13H2,1-5H3,(H,14,15,17). The van der Waals surface area contributed by atoms with E-state index in [0.717, 1.165) is 6.54 Å². The highest BCUT2D eigenvalue weighted by molar-refractivity contribution is 5.94. The van der Waals surface area contributed by atoms with Crippen LogP contribution in [0, 0.1) is 5.41 Å². The topological polar surface area (TPSA) is 72.9 Å². The zero-order chi connectivity index (χ0) is 13.3. The summed E-state index contributed by atoms with van der Waals surface area (Å²) in [6, 6.07) is 1.78. The van der Waals surface area contributed by atoms with E-state index < -0.39 is 11.0 Å². The third-order valence-corrected chi connectivity index (χ3v) is 3.38. The highest BCUT2D eigenvalue weighted by atomic mass is 16.2. The Bertz CT molecular complexity index is 401. The quantitative estimate of drug-likeness (QED) is 0.837. The van der Waals surface area contributed by atoms with E-state index in [2.05, 4.69) is 10.4 Å². The number of aromatic nitrogens is 2. The molecule has 1 heterocycles. The maximum Gasteiger partial charge on any atom is 0.233 e. The van der Waals surface area contributed by atoms with Crippen molar-refractivity contribution in [3.05, 3.63) is 12.3 Å². The van der Waals surface area contributed by atoms with Gasteiger partial charge >= 0.3 is 0 Å². The van der Waals surface area contributed by atoms with Gasteiger partial charge in [-0.3, -0.25) is 9.48 Å². The Morgan fingerprint density at radius 3 is 2.47 bits per heavy atom. The van der Waals surface area contributed by atoms with Crippen molar-refractivity contribution in [1.82, 2.24) is 9.78 Å². The number of amides is 1. The van der Waals surface area contributed by atoms with Crippen molar-refractivity contribution in [3.63, 3.8) is 0 Å². The molecule has 0 unspecified atom stereocenters. The van der Waals surface area contributed by atoms with Crippen LogP contribution in [-0.2, 0) is 11.3 Å². The lowest BCUT2D eigenvalue weighted by molar-refractivity contribution is -0.126. The van der Waals surface area contributed by atoms with E-state index >= 15 is 0 Å². The lowest BCUT2D eigenvalue weighted by Gasteiger charge is -2.36. The molecule has 17 heavy (non-hydrogen) atoms. The summed E-state index contributed by atoms with van der Waals surface area (Å²) < 4.78 is 1.76. The molecule has 96 valence electrons. The summed E-state index contributed by atoms with van der Waals surface area (Å²) in [5, 5.41) is 7.00. The summed E-state index contributed by atoms with van der Waals surface area (Å²) in [7, 11) is 0. The normalized spacial score (nSPS) is 12.6. The van der Waals surface area contributed by atoms with Crippen molar-refractivity contribution in [2.75, 3.05) is 5.32 Å². The van der Waals surface area contributed by atoms with E-state index in [0.29, 0.717) is 5.82 Å². The third-order valence-electron chi connectivity index (χ3n) is 3.38. The van der Waals surface area contributed by atoms with Gasteiger partial charge in [0.1, 0.15) is 0 Å². The van der Waals surface area contributed by atoms with E-state index in [1.54, 1.807) is 10.7 Å². The number of hydrogen-bond acceptors (Lipinski definition) is 3. The van der Waals surface area contributed by atoms with Gasteiger partial charge in [0.15, 0.2) is 5.82 Å². The number of carbonyl (C=O) groups is 1. The molecule has 0 radical (unpaired) electrons. The third kappa shape index (κ3) is 2.85. The largest absolute Gasteiger partial charge is 0.325 e. The van der Waals surface area contributed by atoms with E-state index in [1.165, 1.54) is 0 Å². The van der Waals surface area contributed by atoms with Crippen molar-refractivity contribution < 1.29 is 4.79 Å². The zero-order valence-corrected chi connectivity index (χ0v) is 11.2. The maximum atomic E-state index is 12.1. The average molecular weight is 238 g/mol. The molecule has 1 aromatic heterocycles. The first-order chi connectivity index (χ1) is 7.68. The van der Waals surface area contributed by atoms with Crippen LogP contribution in [0.1, 0.15) is 34.6 Å². The van der Waals surface area contributed by atoms with Gasteiger partial charge in [-0.1, -0.05) is 0 Å². The van der Waals surface area contributed by atoms with Crippen LogP contribution < -0.4 is 11.1 Å². The summed E-state index contributed by atoms with van der Waals surface area (Å²) >= 11 is 0. The fraction of sp³-hybridized carbons (Fsp3) is 0.667. The van der Waals surface area contributed by atoms with Crippen molar-refractivity contribution in [2.45, 2.75) is 46.7 Å². The molecule has 0 atom stereocenters. The SMILES string of the molecule is CCn1ccc(NC(=O)C(C)(C)C(C)(C)N)n1. The minimum Gasteiger partial charge on any atom is -0.325 e. The van der Waals surface area contributed by atoms with E-state index in [-0.39, 0.29) is 5.91 Å². The molecule has 1 rings (SSSR count). The minimum atomic E-state index is -0.664. The number of nitrogens with zero attached hydrogens (tertiary/aromatic N) is 2. The summed E-state index contributed by atoms with van der Waals surface area (Å²) in [4.78, 5) is 12.1. The van der Waals surface area contributed by atoms with Crippen molar-refractivity contribution in [2.24, 2.45) is 11.1 Å². The van der Waals surface area contributed by atoms with Crippen LogP contribution in [0.25, 0.3) is 0 Å². The highest BCUT2D eigenvalue weighted by Crippen LogP contribution is 2.29. The smallest absolute Gasteiger partial charge is 0.233 e. The highest BCUT2D eigenvalue weighted by Gasteiger charge is 2.40. The number of anilines is 1. The van der Waals surface area contributed by atoms with Gasteiger partial charge in [0.25, 0.3) is 0 Å². The first-order valence-electron chi connectivity index (χ1n) is 5.82. The number of rotatable bonds is 4. The molecule has 0 spiro atoms. The lowest BCUT2D eigenvalue weighted by atomic mass is 9.74. The predicted molar refractivity (Wildman–Crippen MR) is 68.6 cm³/mol. The second-order valence-corrected chi connectivity index (χ2v) is 5.36. The molecule has 0 aromatic carbocycles. The average Bonchev–Trinajstić information content (AvgIpc) is 2.63. The molecule has 0 aliphatic carbocycles. The fourth-order valence-corrected chi connectivity index (χ4v) is 1.17. The van der Waals surface area contributed by atoms with E-state index in [9.17, 15) is 4.79 Å². The summed E-state index contributed by atoms with van der Waals surface area (Å²) in [5.41, 5.74) is 4.76. The van der Waals surface area contributed by atoms with Crippen LogP contribution in [0.15, 0.2) is 12.3 Å². The molecule has 0 bridgehead atoms. The van der Waals surface area contributed by atoms with Crippen LogP contribution in [-0.4, -0.2) is 21.2 Å². The van der Waals surface area contributed by atoms with Gasteiger partial charge < -0.3 is 11.1 Å². The monoisotopic (exact) mass is 238 g/mol. The molecule has 0 fully saturated rings. The van der Waals surface area contributed by atoms with Gasteiger partial charge in [0.2, 0.25) is 5.91 Å². The van der Waals surface area contributed by atoms with Gasteiger partial charge in [-0.2, -0.15) is 5.10 Å². The Hall–Kier alpha value is -1.36. The maximum absolute atomic E-state index is 12.1. The Kier molecular flexibility index (Phi) is 3.62. The molecule has 0 aliphatic rings. The Morgan fingerprint density at radius 1 is 1.47 bits per heavy atom. The van der Waals surface area contributed by atoms with Crippen LogP contribution in [0.3, 0.4) is 0 Å². The summed E-state index contributed by atoms with van der Waals surface area (Å²) in [6.07, 6.45) is 1.83. The van der Waals surface area contributed by atoms with Gasteiger partial charge in [0.05, 0.1) is 5.41 Å². The number of aryl methyl sites for hydroxylation is 1. The molecule has 0 saturated heterocycles.